The van der Waals surface area contributed by atoms with Crippen molar-refractivity contribution in [3.05, 3.63) is 35.4 Å². The molecule has 1 aromatic rings. The number of rotatable bonds is 3. The van der Waals surface area contributed by atoms with Crippen LogP contribution in [0, 0.1) is 0 Å². The first kappa shape index (κ1) is 13.1. The molecule has 0 saturated heterocycles. The summed E-state index contributed by atoms with van der Waals surface area (Å²) in [6, 6.07) is 6.81. The molecule has 0 aromatic heterocycles. The fourth-order valence-corrected chi connectivity index (χ4v) is 2.20. The molecule has 1 heterocycles. The highest BCUT2D eigenvalue weighted by molar-refractivity contribution is 5.86. The number of carbonyl (C=O) groups is 1. The molecule has 1 aromatic carbocycles. The highest BCUT2D eigenvalue weighted by atomic mass is 19.4. The largest absolute Gasteiger partial charge is 0.389 e. The van der Waals surface area contributed by atoms with E-state index in [1.54, 1.807) is 12.1 Å². The van der Waals surface area contributed by atoms with Crippen molar-refractivity contribution in [2.24, 2.45) is 0 Å². The van der Waals surface area contributed by atoms with Crippen molar-refractivity contribution in [1.82, 2.24) is 5.32 Å². The summed E-state index contributed by atoms with van der Waals surface area (Å²) in [5, 5.41) is 2.99. The first-order valence-electron chi connectivity index (χ1n) is 5.88. The van der Waals surface area contributed by atoms with Gasteiger partial charge in [0, 0.05) is 13.0 Å². The Morgan fingerprint density at radius 3 is 2.78 bits per heavy atom. The first-order chi connectivity index (χ1) is 8.47. The van der Waals surface area contributed by atoms with Gasteiger partial charge < -0.3 is 5.32 Å². The van der Waals surface area contributed by atoms with Crippen molar-refractivity contribution < 1.29 is 18.0 Å². The Hall–Kier alpha value is -1.36. The van der Waals surface area contributed by atoms with Gasteiger partial charge in [-0.3, -0.25) is 4.79 Å². The van der Waals surface area contributed by atoms with E-state index in [1.807, 2.05) is 12.1 Å². The maximum absolute atomic E-state index is 12.1. The minimum Gasteiger partial charge on any atom is -0.303 e. The molecule has 0 radical (unpaired) electrons. The lowest BCUT2D eigenvalue weighted by molar-refractivity contribution is -0.144. The molecule has 0 fully saturated rings. The zero-order valence-corrected chi connectivity index (χ0v) is 9.76. The van der Waals surface area contributed by atoms with Gasteiger partial charge in [-0.2, -0.15) is 13.2 Å². The second kappa shape index (κ2) is 5.10. The zero-order valence-electron chi connectivity index (χ0n) is 9.76. The van der Waals surface area contributed by atoms with Crippen LogP contribution in [0.15, 0.2) is 24.3 Å². The second-order valence-electron chi connectivity index (χ2n) is 4.42. The Kier molecular flexibility index (Phi) is 3.71. The van der Waals surface area contributed by atoms with E-state index < -0.39 is 25.1 Å². The highest BCUT2D eigenvalue weighted by Crippen LogP contribution is 2.27. The molecular formula is C13H14F3NO. The summed E-state index contributed by atoms with van der Waals surface area (Å²) in [5.41, 5.74) is 1.86. The Bertz CT molecular complexity index is 442. The quantitative estimate of drug-likeness (QED) is 0.902. The van der Waals surface area contributed by atoms with Gasteiger partial charge in [0.1, 0.15) is 0 Å². The van der Waals surface area contributed by atoms with E-state index in [9.17, 15) is 18.0 Å². The van der Waals surface area contributed by atoms with E-state index in [2.05, 4.69) is 5.32 Å². The van der Waals surface area contributed by atoms with E-state index in [0.29, 0.717) is 6.54 Å². The first-order valence-corrected chi connectivity index (χ1v) is 5.88. The van der Waals surface area contributed by atoms with Crippen LogP contribution in [-0.2, 0) is 11.2 Å². The van der Waals surface area contributed by atoms with Crippen LogP contribution in [0.5, 0.6) is 0 Å². The molecule has 1 aliphatic rings. The molecule has 1 unspecified atom stereocenters. The molecule has 0 amide bonds. The Morgan fingerprint density at radius 2 is 2.06 bits per heavy atom. The molecule has 18 heavy (non-hydrogen) atoms. The summed E-state index contributed by atoms with van der Waals surface area (Å²) >= 11 is 0. The number of Topliss-reactive ketones (excluding diaryl/α,β-unsaturated/α-hetero) is 1. The minimum atomic E-state index is -4.27. The van der Waals surface area contributed by atoms with Crippen LogP contribution in [-0.4, -0.2) is 18.5 Å². The SMILES string of the molecule is O=C(CCC(F)(F)F)C1NCCc2ccccc21. The number of nitrogens with one attached hydrogen (secondary N) is 1. The van der Waals surface area contributed by atoms with Crippen molar-refractivity contribution in [3.63, 3.8) is 0 Å². The lowest BCUT2D eigenvalue weighted by Crippen LogP contribution is -2.35. The van der Waals surface area contributed by atoms with Gasteiger partial charge in [-0.15, -0.1) is 0 Å². The number of fused-ring (bicyclic) bond motifs is 1. The van der Waals surface area contributed by atoms with Crippen molar-refractivity contribution in [2.75, 3.05) is 6.54 Å². The number of alkyl halides is 3. The highest BCUT2D eigenvalue weighted by Gasteiger charge is 2.31. The van der Waals surface area contributed by atoms with E-state index in [-0.39, 0.29) is 5.78 Å². The van der Waals surface area contributed by atoms with Gasteiger partial charge in [-0.1, -0.05) is 24.3 Å². The number of carbonyl (C=O) groups excluding carboxylic acids is 1. The predicted molar refractivity (Wildman–Crippen MR) is 61.2 cm³/mol. The third kappa shape index (κ3) is 3.10. The molecule has 1 aliphatic heterocycles. The lowest BCUT2D eigenvalue weighted by atomic mass is 9.90. The summed E-state index contributed by atoms with van der Waals surface area (Å²) < 4.78 is 36.3. The average Bonchev–Trinajstić information content (AvgIpc) is 2.34. The Balaban J connectivity index is 2.08. The van der Waals surface area contributed by atoms with E-state index in [4.69, 9.17) is 0 Å². The van der Waals surface area contributed by atoms with Crippen molar-refractivity contribution in [1.29, 1.82) is 0 Å². The lowest BCUT2D eigenvalue weighted by Gasteiger charge is -2.26. The average molecular weight is 257 g/mol. The molecule has 0 saturated carbocycles. The zero-order chi connectivity index (χ0) is 13.2. The van der Waals surface area contributed by atoms with Crippen LogP contribution < -0.4 is 5.32 Å². The van der Waals surface area contributed by atoms with Gasteiger partial charge in [-0.05, 0) is 17.5 Å². The number of hydrogen-bond acceptors (Lipinski definition) is 2. The molecule has 2 rings (SSSR count). The van der Waals surface area contributed by atoms with Crippen molar-refractivity contribution >= 4 is 5.78 Å². The molecule has 0 spiro atoms. The molecule has 1 atom stereocenters. The maximum atomic E-state index is 12.1. The van der Waals surface area contributed by atoms with Gasteiger partial charge in [-0.25, -0.2) is 0 Å². The normalized spacial score (nSPS) is 19.4. The molecule has 98 valence electrons. The summed E-state index contributed by atoms with van der Waals surface area (Å²) in [6.45, 7) is 0.624. The van der Waals surface area contributed by atoms with Crippen molar-refractivity contribution in [2.45, 2.75) is 31.5 Å². The molecule has 1 N–H and O–H groups in total. The second-order valence-corrected chi connectivity index (χ2v) is 4.42. The van der Waals surface area contributed by atoms with Crippen LogP contribution >= 0.6 is 0 Å². The number of hydrogen-bond donors (Lipinski definition) is 1. The minimum absolute atomic E-state index is 0.389. The summed E-state index contributed by atoms with van der Waals surface area (Å²) in [6.07, 6.45) is -4.98. The van der Waals surface area contributed by atoms with Crippen LogP contribution in [0.3, 0.4) is 0 Å². The fraction of sp³-hybridized carbons (Fsp3) is 0.462. The van der Waals surface area contributed by atoms with Crippen LogP contribution in [0.4, 0.5) is 13.2 Å². The van der Waals surface area contributed by atoms with Gasteiger partial charge in [0.05, 0.1) is 12.5 Å². The molecule has 0 bridgehead atoms. The number of halogens is 3. The van der Waals surface area contributed by atoms with E-state index in [1.165, 1.54) is 0 Å². The van der Waals surface area contributed by atoms with Gasteiger partial charge in [0.2, 0.25) is 0 Å². The standard InChI is InChI=1S/C13H14F3NO/c14-13(15,16)7-5-11(18)12-10-4-2-1-3-9(10)6-8-17-12/h1-4,12,17H,5-8H2. The third-order valence-corrected chi connectivity index (χ3v) is 3.09. The van der Waals surface area contributed by atoms with E-state index >= 15 is 0 Å². The maximum Gasteiger partial charge on any atom is 0.389 e. The van der Waals surface area contributed by atoms with Crippen LogP contribution in [0.25, 0.3) is 0 Å². The Morgan fingerprint density at radius 1 is 1.33 bits per heavy atom. The summed E-state index contributed by atoms with van der Waals surface area (Å²) in [4.78, 5) is 11.8. The number of benzene rings is 1. The smallest absolute Gasteiger partial charge is 0.303 e. The van der Waals surface area contributed by atoms with Gasteiger partial charge in [0.15, 0.2) is 5.78 Å². The van der Waals surface area contributed by atoms with Gasteiger partial charge in [0.25, 0.3) is 0 Å². The fourth-order valence-electron chi connectivity index (χ4n) is 2.20. The molecule has 2 nitrogen and oxygen atoms in total. The van der Waals surface area contributed by atoms with Crippen LogP contribution in [0.1, 0.15) is 30.0 Å². The summed E-state index contributed by atoms with van der Waals surface area (Å²) in [7, 11) is 0. The number of ketones is 1. The monoisotopic (exact) mass is 257 g/mol. The van der Waals surface area contributed by atoms with E-state index in [0.717, 1.165) is 17.5 Å². The molecule has 5 heteroatoms. The Labute approximate surface area is 103 Å². The third-order valence-electron chi connectivity index (χ3n) is 3.09. The van der Waals surface area contributed by atoms with Crippen LogP contribution in [0.2, 0.25) is 0 Å². The van der Waals surface area contributed by atoms with Crippen molar-refractivity contribution in [3.8, 4) is 0 Å². The topological polar surface area (TPSA) is 29.1 Å². The predicted octanol–water partition coefficient (Wildman–Crippen LogP) is 2.79. The molecular weight excluding hydrogens is 243 g/mol. The van der Waals surface area contributed by atoms with Gasteiger partial charge >= 0.3 is 6.18 Å². The molecule has 0 aliphatic carbocycles. The summed E-state index contributed by atoms with van der Waals surface area (Å²) in [5.74, 6) is -0.389.